The number of nitrogens with one attached hydrogen (secondary N) is 1. The smallest absolute Gasteiger partial charge is 0.0683 e. The number of hydrogen-bond acceptors (Lipinski definition) is 1. The van der Waals surface area contributed by atoms with Gasteiger partial charge < -0.3 is 4.98 Å². The van der Waals surface area contributed by atoms with Crippen LogP contribution in [0.15, 0.2) is 18.5 Å². The van der Waals surface area contributed by atoms with Crippen LogP contribution in [0.3, 0.4) is 0 Å². The first kappa shape index (κ1) is 8.57. The zero-order valence-electron chi connectivity index (χ0n) is 7.63. The third-order valence-electron chi connectivity index (χ3n) is 2.14. The summed E-state index contributed by atoms with van der Waals surface area (Å²) in [6.07, 6.45) is 3.47. The maximum absolute atomic E-state index is 5.99. The maximum atomic E-state index is 5.99. The van der Waals surface area contributed by atoms with Crippen molar-refractivity contribution in [3.63, 3.8) is 0 Å². The molecule has 0 aromatic carbocycles. The summed E-state index contributed by atoms with van der Waals surface area (Å²) in [5.74, 6) is 0.489. The molecular formula is C10H11ClN2. The SMILES string of the molecule is CC(C)c1cc2c(Cl)cncc2[nH]1. The van der Waals surface area contributed by atoms with Crippen molar-refractivity contribution in [2.75, 3.05) is 0 Å². The van der Waals surface area contributed by atoms with Crippen LogP contribution in [-0.4, -0.2) is 9.97 Å². The normalized spacial score (nSPS) is 11.4. The molecule has 0 aliphatic carbocycles. The van der Waals surface area contributed by atoms with Gasteiger partial charge in [0.1, 0.15) is 0 Å². The molecule has 0 radical (unpaired) electrons. The summed E-state index contributed by atoms with van der Waals surface area (Å²) < 4.78 is 0. The average Bonchev–Trinajstić information content (AvgIpc) is 2.49. The van der Waals surface area contributed by atoms with Gasteiger partial charge >= 0.3 is 0 Å². The fraction of sp³-hybridized carbons (Fsp3) is 0.300. The molecular weight excluding hydrogens is 184 g/mol. The summed E-state index contributed by atoms with van der Waals surface area (Å²) in [7, 11) is 0. The molecule has 0 atom stereocenters. The minimum Gasteiger partial charge on any atom is -0.357 e. The monoisotopic (exact) mass is 194 g/mol. The Morgan fingerprint density at radius 2 is 2.15 bits per heavy atom. The molecule has 0 bridgehead atoms. The Balaban J connectivity index is 2.68. The summed E-state index contributed by atoms with van der Waals surface area (Å²) in [6, 6.07) is 2.09. The number of fused-ring (bicyclic) bond motifs is 1. The third-order valence-corrected chi connectivity index (χ3v) is 2.44. The van der Waals surface area contributed by atoms with Crippen LogP contribution in [0.5, 0.6) is 0 Å². The van der Waals surface area contributed by atoms with Crippen molar-refractivity contribution in [2.45, 2.75) is 19.8 Å². The van der Waals surface area contributed by atoms with Gasteiger partial charge in [0.05, 0.1) is 16.7 Å². The van der Waals surface area contributed by atoms with Gasteiger partial charge in [0.25, 0.3) is 0 Å². The van der Waals surface area contributed by atoms with E-state index in [2.05, 4.69) is 29.9 Å². The first-order chi connectivity index (χ1) is 6.18. The van der Waals surface area contributed by atoms with Crippen molar-refractivity contribution in [2.24, 2.45) is 0 Å². The van der Waals surface area contributed by atoms with Crippen molar-refractivity contribution in [1.29, 1.82) is 0 Å². The summed E-state index contributed by atoms with van der Waals surface area (Å²) in [5, 5.41) is 1.76. The summed E-state index contributed by atoms with van der Waals surface area (Å²) in [6.45, 7) is 4.29. The van der Waals surface area contributed by atoms with Crippen LogP contribution in [-0.2, 0) is 0 Å². The molecule has 0 spiro atoms. The second-order valence-electron chi connectivity index (χ2n) is 3.46. The predicted octanol–water partition coefficient (Wildman–Crippen LogP) is 3.34. The molecule has 2 aromatic rings. The predicted molar refractivity (Wildman–Crippen MR) is 55.2 cm³/mol. The maximum Gasteiger partial charge on any atom is 0.0683 e. The molecule has 1 N–H and O–H groups in total. The van der Waals surface area contributed by atoms with E-state index in [-0.39, 0.29) is 0 Å². The van der Waals surface area contributed by atoms with E-state index in [9.17, 15) is 0 Å². The first-order valence-electron chi connectivity index (χ1n) is 4.30. The molecule has 2 nitrogen and oxygen atoms in total. The van der Waals surface area contributed by atoms with Gasteiger partial charge in [0.15, 0.2) is 0 Å². The lowest BCUT2D eigenvalue weighted by molar-refractivity contribution is 0.836. The van der Waals surface area contributed by atoms with Gasteiger partial charge in [0, 0.05) is 17.3 Å². The van der Waals surface area contributed by atoms with Crippen LogP contribution < -0.4 is 0 Å². The second-order valence-corrected chi connectivity index (χ2v) is 3.87. The number of hydrogen-bond donors (Lipinski definition) is 1. The Bertz CT molecular complexity index is 431. The van der Waals surface area contributed by atoms with E-state index in [1.807, 2.05) is 0 Å². The lowest BCUT2D eigenvalue weighted by atomic mass is 10.1. The third kappa shape index (κ3) is 1.42. The van der Waals surface area contributed by atoms with Crippen molar-refractivity contribution in [3.05, 3.63) is 29.2 Å². The Labute approximate surface area is 81.9 Å². The van der Waals surface area contributed by atoms with E-state index >= 15 is 0 Å². The van der Waals surface area contributed by atoms with E-state index in [1.165, 1.54) is 5.69 Å². The summed E-state index contributed by atoms with van der Waals surface area (Å²) >= 11 is 5.99. The molecule has 0 aliphatic heterocycles. The highest BCUT2D eigenvalue weighted by Crippen LogP contribution is 2.25. The Hall–Kier alpha value is -1.02. The largest absolute Gasteiger partial charge is 0.357 e. The highest BCUT2D eigenvalue weighted by atomic mass is 35.5. The van der Waals surface area contributed by atoms with E-state index in [4.69, 9.17) is 11.6 Å². The van der Waals surface area contributed by atoms with E-state index in [0.717, 1.165) is 10.9 Å². The molecule has 0 unspecified atom stereocenters. The quantitative estimate of drug-likeness (QED) is 0.741. The zero-order chi connectivity index (χ0) is 9.42. The summed E-state index contributed by atoms with van der Waals surface area (Å²) in [5.41, 5.74) is 2.21. The molecule has 2 rings (SSSR count). The zero-order valence-corrected chi connectivity index (χ0v) is 8.39. The highest BCUT2D eigenvalue weighted by Gasteiger charge is 2.06. The first-order valence-corrected chi connectivity index (χ1v) is 4.68. The topological polar surface area (TPSA) is 28.7 Å². The van der Waals surface area contributed by atoms with Crippen molar-refractivity contribution in [3.8, 4) is 0 Å². The minimum absolute atomic E-state index is 0.489. The van der Waals surface area contributed by atoms with Crippen LogP contribution in [0, 0.1) is 0 Å². The number of aromatic nitrogens is 2. The minimum atomic E-state index is 0.489. The molecule has 0 fully saturated rings. The molecule has 13 heavy (non-hydrogen) atoms. The number of rotatable bonds is 1. The number of nitrogens with zero attached hydrogens (tertiary/aromatic N) is 1. The van der Waals surface area contributed by atoms with Crippen molar-refractivity contribution < 1.29 is 0 Å². The molecule has 2 heterocycles. The van der Waals surface area contributed by atoms with Gasteiger partial charge in [0.2, 0.25) is 0 Å². The molecule has 68 valence electrons. The van der Waals surface area contributed by atoms with Crippen LogP contribution in [0.1, 0.15) is 25.5 Å². The number of pyridine rings is 1. The number of aromatic amines is 1. The van der Waals surface area contributed by atoms with E-state index < -0.39 is 0 Å². The van der Waals surface area contributed by atoms with Crippen LogP contribution in [0.4, 0.5) is 0 Å². The summed E-state index contributed by atoms with van der Waals surface area (Å²) in [4.78, 5) is 7.31. The van der Waals surface area contributed by atoms with Gasteiger partial charge in [-0.1, -0.05) is 25.4 Å². The second kappa shape index (κ2) is 3.04. The Morgan fingerprint density at radius 1 is 1.38 bits per heavy atom. The lowest BCUT2D eigenvalue weighted by Crippen LogP contribution is -1.84. The average molecular weight is 195 g/mol. The lowest BCUT2D eigenvalue weighted by Gasteiger charge is -1.97. The van der Waals surface area contributed by atoms with Crippen LogP contribution in [0.25, 0.3) is 10.9 Å². The molecule has 0 aliphatic rings. The molecule has 0 saturated heterocycles. The fourth-order valence-electron chi connectivity index (χ4n) is 1.35. The molecule has 0 amide bonds. The molecule has 0 saturated carbocycles. The molecule has 3 heteroatoms. The number of H-pyrrole nitrogens is 1. The Morgan fingerprint density at radius 3 is 2.77 bits per heavy atom. The van der Waals surface area contributed by atoms with Crippen LogP contribution >= 0.6 is 11.6 Å². The van der Waals surface area contributed by atoms with Crippen molar-refractivity contribution in [1.82, 2.24) is 9.97 Å². The highest BCUT2D eigenvalue weighted by molar-refractivity contribution is 6.35. The fourth-order valence-corrected chi connectivity index (χ4v) is 1.56. The van der Waals surface area contributed by atoms with Gasteiger partial charge in [-0.15, -0.1) is 0 Å². The van der Waals surface area contributed by atoms with Gasteiger partial charge in [-0.05, 0) is 12.0 Å². The Kier molecular flexibility index (Phi) is 2.00. The number of halogens is 1. The van der Waals surface area contributed by atoms with Gasteiger partial charge in [-0.2, -0.15) is 0 Å². The molecule has 2 aromatic heterocycles. The van der Waals surface area contributed by atoms with E-state index in [0.29, 0.717) is 10.9 Å². The standard InChI is InChI=1S/C10H11ClN2/c1-6(2)9-3-7-8(11)4-12-5-10(7)13-9/h3-6,13H,1-2H3. The van der Waals surface area contributed by atoms with E-state index in [1.54, 1.807) is 12.4 Å². The van der Waals surface area contributed by atoms with Crippen LogP contribution in [0.2, 0.25) is 5.02 Å². The van der Waals surface area contributed by atoms with Gasteiger partial charge in [-0.25, -0.2) is 0 Å². The van der Waals surface area contributed by atoms with Crippen molar-refractivity contribution >= 4 is 22.5 Å². The van der Waals surface area contributed by atoms with Gasteiger partial charge in [-0.3, -0.25) is 4.98 Å².